The molecule has 2 heterocycles. The minimum absolute atomic E-state index is 0.226. The number of aromatic nitrogens is 2. The Morgan fingerprint density at radius 2 is 1.92 bits per heavy atom. The quantitative estimate of drug-likeness (QED) is 0.931. The summed E-state index contributed by atoms with van der Waals surface area (Å²) in [5, 5.41) is 7.30. The summed E-state index contributed by atoms with van der Waals surface area (Å²) in [4.78, 5) is 17.1. The predicted molar refractivity (Wildman–Crippen MR) is 101 cm³/mol. The third kappa shape index (κ3) is 3.86. The number of nitrogens with zero attached hydrogens (tertiary/aromatic N) is 3. The van der Waals surface area contributed by atoms with Gasteiger partial charge in [-0.25, -0.2) is 0 Å². The molecule has 0 spiro atoms. The number of nitrogens with one attached hydrogen (secondary N) is 1. The lowest BCUT2D eigenvalue weighted by atomic mass is 10.1. The monoisotopic (exact) mass is 340 g/mol. The van der Waals surface area contributed by atoms with Crippen LogP contribution in [0.25, 0.3) is 0 Å². The topological polar surface area (TPSA) is 52.2 Å². The van der Waals surface area contributed by atoms with E-state index < -0.39 is 0 Å². The van der Waals surface area contributed by atoms with Crippen molar-refractivity contribution in [2.45, 2.75) is 46.6 Å². The molecule has 0 radical (unpaired) electrons. The van der Waals surface area contributed by atoms with E-state index in [0.717, 1.165) is 31.0 Å². The van der Waals surface area contributed by atoms with Crippen LogP contribution in [0.15, 0.2) is 24.3 Å². The van der Waals surface area contributed by atoms with Gasteiger partial charge in [-0.3, -0.25) is 9.89 Å². The number of hydrogen-bond acceptors (Lipinski definition) is 3. The van der Waals surface area contributed by atoms with Crippen LogP contribution >= 0.6 is 0 Å². The molecular weight excluding hydrogens is 312 g/mol. The first-order chi connectivity index (χ1) is 12.0. The molecular formula is C20H28N4O. The van der Waals surface area contributed by atoms with Gasteiger partial charge in [0.25, 0.3) is 0 Å². The van der Waals surface area contributed by atoms with Gasteiger partial charge in [0, 0.05) is 49.9 Å². The molecule has 1 unspecified atom stereocenters. The minimum Gasteiger partial charge on any atom is -0.368 e. The zero-order valence-electron chi connectivity index (χ0n) is 15.7. The zero-order valence-corrected chi connectivity index (χ0v) is 15.7. The molecule has 1 fully saturated rings. The molecule has 134 valence electrons. The van der Waals surface area contributed by atoms with Crippen molar-refractivity contribution in [1.82, 2.24) is 15.1 Å². The second-order valence-electron chi connectivity index (χ2n) is 7.14. The molecule has 0 bridgehead atoms. The van der Waals surface area contributed by atoms with Crippen molar-refractivity contribution in [2.24, 2.45) is 0 Å². The molecule has 25 heavy (non-hydrogen) atoms. The van der Waals surface area contributed by atoms with Crippen molar-refractivity contribution in [3.8, 4) is 0 Å². The molecule has 1 aliphatic rings. The van der Waals surface area contributed by atoms with Crippen LogP contribution in [0.3, 0.4) is 0 Å². The summed E-state index contributed by atoms with van der Waals surface area (Å²) in [6.45, 7) is 10.9. The minimum atomic E-state index is 0.226. The van der Waals surface area contributed by atoms with Crippen molar-refractivity contribution in [1.29, 1.82) is 0 Å². The molecule has 1 aromatic heterocycles. The molecule has 3 rings (SSSR count). The maximum absolute atomic E-state index is 12.7. The third-order valence-electron chi connectivity index (χ3n) is 5.28. The van der Waals surface area contributed by atoms with Crippen molar-refractivity contribution >= 4 is 11.6 Å². The van der Waals surface area contributed by atoms with E-state index in [1.165, 1.54) is 16.8 Å². The number of H-pyrrole nitrogens is 1. The van der Waals surface area contributed by atoms with Crippen LogP contribution < -0.4 is 4.90 Å². The third-order valence-corrected chi connectivity index (χ3v) is 5.28. The number of carbonyl (C=O) groups is 1. The van der Waals surface area contributed by atoms with E-state index in [9.17, 15) is 4.79 Å². The number of hydrogen-bond donors (Lipinski definition) is 1. The Morgan fingerprint density at radius 1 is 1.20 bits per heavy atom. The van der Waals surface area contributed by atoms with Gasteiger partial charge in [0.15, 0.2) is 0 Å². The van der Waals surface area contributed by atoms with Gasteiger partial charge in [-0.15, -0.1) is 0 Å². The highest BCUT2D eigenvalue weighted by Crippen LogP contribution is 2.21. The fraction of sp³-hybridized carbons (Fsp3) is 0.500. The van der Waals surface area contributed by atoms with Crippen molar-refractivity contribution in [2.75, 3.05) is 24.5 Å². The lowest BCUT2D eigenvalue weighted by Gasteiger charge is -2.41. The summed E-state index contributed by atoms with van der Waals surface area (Å²) in [7, 11) is 0. The molecule has 0 aliphatic carbocycles. The van der Waals surface area contributed by atoms with Crippen LogP contribution in [0.4, 0.5) is 5.69 Å². The average molecular weight is 340 g/mol. The maximum Gasteiger partial charge on any atom is 0.223 e. The average Bonchev–Trinajstić information content (AvgIpc) is 2.92. The number of anilines is 1. The SMILES string of the molecule is Cc1ccc(N2CCN(C(=O)CCc3n[nH]c(C)c3C)C(C)C2)cc1. The van der Waals surface area contributed by atoms with Gasteiger partial charge in [0.2, 0.25) is 5.91 Å². The summed E-state index contributed by atoms with van der Waals surface area (Å²) >= 11 is 0. The lowest BCUT2D eigenvalue weighted by Crippen LogP contribution is -2.54. The van der Waals surface area contributed by atoms with Crippen LogP contribution in [-0.4, -0.2) is 46.7 Å². The van der Waals surface area contributed by atoms with Crippen molar-refractivity contribution < 1.29 is 4.79 Å². The number of aryl methyl sites for hydroxylation is 3. The summed E-state index contributed by atoms with van der Waals surface area (Å²) in [5.74, 6) is 0.233. The number of benzene rings is 1. The van der Waals surface area contributed by atoms with Crippen molar-refractivity contribution in [3.05, 3.63) is 46.8 Å². The van der Waals surface area contributed by atoms with E-state index in [2.05, 4.69) is 60.1 Å². The molecule has 1 saturated heterocycles. The summed E-state index contributed by atoms with van der Waals surface area (Å²) in [6.07, 6.45) is 1.24. The van der Waals surface area contributed by atoms with E-state index in [4.69, 9.17) is 0 Å². The molecule has 1 aromatic carbocycles. The van der Waals surface area contributed by atoms with Gasteiger partial charge >= 0.3 is 0 Å². The normalized spacial score (nSPS) is 17.8. The molecule has 2 aromatic rings. The number of amides is 1. The molecule has 1 amide bonds. The number of aromatic amines is 1. The fourth-order valence-electron chi connectivity index (χ4n) is 3.47. The van der Waals surface area contributed by atoms with Gasteiger partial charge < -0.3 is 9.80 Å². The molecule has 1 N–H and O–H groups in total. The number of piperazine rings is 1. The maximum atomic E-state index is 12.7. The molecule has 1 atom stereocenters. The second kappa shape index (κ2) is 7.30. The van der Waals surface area contributed by atoms with E-state index in [1.54, 1.807) is 0 Å². The highest BCUT2D eigenvalue weighted by atomic mass is 16.2. The van der Waals surface area contributed by atoms with Gasteiger partial charge in [-0.05, 0) is 45.4 Å². The highest BCUT2D eigenvalue weighted by Gasteiger charge is 2.27. The van der Waals surface area contributed by atoms with Gasteiger partial charge in [-0.1, -0.05) is 17.7 Å². The van der Waals surface area contributed by atoms with Crippen LogP contribution in [0.1, 0.15) is 35.9 Å². The first-order valence-electron chi connectivity index (χ1n) is 9.07. The Labute approximate surface area is 150 Å². The zero-order chi connectivity index (χ0) is 18.0. The molecule has 5 heteroatoms. The largest absolute Gasteiger partial charge is 0.368 e. The summed E-state index contributed by atoms with van der Waals surface area (Å²) in [6, 6.07) is 8.85. The number of rotatable bonds is 4. The van der Waals surface area contributed by atoms with Gasteiger partial charge in [0.1, 0.15) is 0 Å². The Hall–Kier alpha value is -2.30. The Balaban J connectivity index is 1.56. The summed E-state index contributed by atoms with van der Waals surface area (Å²) in [5.41, 5.74) is 5.78. The van der Waals surface area contributed by atoms with E-state index in [1.807, 2.05) is 11.8 Å². The molecule has 0 saturated carbocycles. The Bertz CT molecular complexity index is 735. The first-order valence-corrected chi connectivity index (χ1v) is 9.07. The smallest absolute Gasteiger partial charge is 0.223 e. The molecule has 5 nitrogen and oxygen atoms in total. The van der Waals surface area contributed by atoms with Crippen LogP contribution in [0.2, 0.25) is 0 Å². The predicted octanol–water partition coefficient (Wildman–Crippen LogP) is 3.00. The van der Waals surface area contributed by atoms with Gasteiger partial charge in [-0.2, -0.15) is 5.10 Å². The Morgan fingerprint density at radius 3 is 2.52 bits per heavy atom. The standard InChI is InChI=1S/C20H28N4O/c1-14-5-7-18(8-6-14)23-11-12-24(15(2)13-23)20(25)10-9-19-16(3)17(4)21-22-19/h5-8,15H,9-13H2,1-4H3,(H,21,22). The van der Waals surface area contributed by atoms with Crippen molar-refractivity contribution in [3.63, 3.8) is 0 Å². The lowest BCUT2D eigenvalue weighted by molar-refractivity contribution is -0.133. The molecule has 1 aliphatic heterocycles. The fourth-order valence-corrected chi connectivity index (χ4v) is 3.47. The summed E-state index contributed by atoms with van der Waals surface area (Å²) < 4.78 is 0. The van der Waals surface area contributed by atoms with E-state index in [-0.39, 0.29) is 11.9 Å². The van der Waals surface area contributed by atoms with Gasteiger partial charge in [0.05, 0.1) is 5.69 Å². The van der Waals surface area contributed by atoms with Crippen LogP contribution in [0.5, 0.6) is 0 Å². The highest BCUT2D eigenvalue weighted by molar-refractivity contribution is 5.77. The number of carbonyl (C=O) groups excluding carboxylic acids is 1. The van der Waals surface area contributed by atoms with Crippen LogP contribution in [0, 0.1) is 20.8 Å². The van der Waals surface area contributed by atoms with E-state index >= 15 is 0 Å². The second-order valence-corrected chi connectivity index (χ2v) is 7.14. The first kappa shape index (κ1) is 17.5. The van der Waals surface area contributed by atoms with Crippen LogP contribution in [-0.2, 0) is 11.2 Å². The Kier molecular flexibility index (Phi) is 5.11. The van der Waals surface area contributed by atoms with E-state index in [0.29, 0.717) is 12.8 Å².